The number of hydrogen-bond donors (Lipinski definition) is 1. The first-order valence-corrected chi connectivity index (χ1v) is 8.90. The molecule has 0 aliphatic rings. The summed E-state index contributed by atoms with van der Waals surface area (Å²) in [4.78, 5) is -0.0636. The Hall–Kier alpha value is -1.58. The molecule has 0 amide bonds. The lowest BCUT2D eigenvalue weighted by Gasteiger charge is -2.12. The minimum Gasteiger partial charge on any atom is -0.495 e. The van der Waals surface area contributed by atoms with E-state index in [-0.39, 0.29) is 17.2 Å². The molecule has 0 atom stereocenters. The van der Waals surface area contributed by atoms with Crippen molar-refractivity contribution in [3.63, 3.8) is 0 Å². The Kier molecular flexibility index (Phi) is 5.56. The Morgan fingerprint density at radius 2 is 1.75 bits per heavy atom. The second-order valence-electron chi connectivity index (χ2n) is 4.81. The lowest BCUT2D eigenvalue weighted by molar-refractivity contribution is -0.137. The Morgan fingerprint density at radius 3 is 2.29 bits per heavy atom. The van der Waals surface area contributed by atoms with E-state index in [1.165, 1.54) is 31.4 Å². The third-order valence-corrected chi connectivity index (χ3v) is 5.08. The predicted molar refractivity (Wildman–Crippen MR) is 86.2 cm³/mol. The van der Waals surface area contributed by atoms with Crippen molar-refractivity contribution in [3.8, 4) is 5.75 Å². The fourth-order valence-electron chi connectivity index (χ4n) is 1.93. The molecule has 2 aromatic rings. The van der Waals surface area contributed by atoms with Crippen LogP contribution in [0.2, 0.25) is 0 Å². The number of rotatable bonds is 5. The monoisotopic (exact) mass is 423 g/mol. The second-order valence-corrected chi connectivity index (χ2v) is 7.47. The molecule has 24 heavy (non-hydrogen) atoms. The van der Waals surface area contributed by atoms with E-state index in [1.807, 2.05) is 0 Å². The molecule has 0 bridgehead atoms. The van der Waals surface area contributed by atoms with E-state index in [2.05, 4.69) is 20.7 Å². The number of benzene rings is 2. The van der Waals surface area contributed by atoms with Crippen molar-refractivity contribution in [3.05, 3.63) is 58.1 Å². The van der Waals surface area contributed by atoms with Crippen LogP contribution in [-0.2, 0) is 22.7 Å². The van der Waals surface area contributed by atoms with Gasteiger partial charge >= 0.3 is 6.18 Å². The van der Waals surface area contributed by atoms with E-state index in [1.54, 1.807) is 6.07 Å². The van der Waals surface area contributed by atoms with Crippen LogP contribution in [-0.4, -0.2) is 15.5 Å². The van der Waals surface area contributed by atoms with Crippen LogP contribution in [0.15, 0.2) is 51.8 Å². The SMILES string of the molecule is COc1ccc(Br)cc1S(=O)(=O)NCc1ccc(C(F)(F)F)cc1. The zero-order valence-corrected chi connectivity index (χ0v) is 14.8. The molecule has 0 aliphatic heterocycles. The van der Waals surface area contributed by atoms with Gasteiger partial charge in [-0.25, -0.2) is 13.1 Å². The van der Waals surface area contributed by atoms with Crippen LogP contribution in [0.4, 0.5) is 13.2 Å². The van der Waals surface area contributed by atoms with E-state index in [9.17, 15) is 21.6 Å². The summed E-state index contributed by atoms with van der Waals surface area (Å²) in [6.07, 6.45) is -4.43. The first-order valence-electron chi connectivity index (χ1n) is 6.63. The van der Waals surface area contributed by atoms with Crippen LogP contribution in [0.3, 0.4) is 0 Å². The van der Waals surface area contributed by atoms with Crippen molar-refractivity contribution >= 4 is 26.0 Å². The Balaban J connectivity index is 2.18. The van der Waals surface area contributed by atoms with Gasteiger partial charge in [0.25, 0.3) is 0 Å². The largest absolute Gasteiger partial charge is 0.495 e. The number of sulfonamides is 1. The molecule has 0 radical (unpaired) electrons. The highest BCUT2D eigenvalue weighted by molar-refractivity contribution is 9.10. The summed E-state index contributed by atoms with van der Waals surface area (Å²) in [5.41, 5.74) is -0.386. The fraction of sp³-hybridized carbons (Fsp3) is 0.200. The van der Waals surface area contributed by atoms with E-state index in [4.69, 9.17) is 4.74 Å². The van der Waals surface area contributed by atoms with Crippen molar-refractivity contribution in [1.82, 2.24) is 4.72 Å². The van der Waals surface area contributed by atoms with Crippen molar-refractivity contribution in [2.45, 2.75) is 17.6 Å². The first kappa shape index (κ1) is 18.8. The van der Waals surface area contributed by atoms with Crippen molar-refractivity contribution in [1.29, 1.82) is 0 Å². The number of alkyl halides is 3. The van der Waals surface area contributed by atoms with Gasteiger partial charge in [-0.2, -0.15) is 13.2 Å². The van der Waals surface area contributed by atoms with Gasteiger partial charge in [0.15, 0.2) is 0 Å². The minimum absolute atomic E-state index is 0.0636. The van der Waals surface area contributed by atoms with E-state index in [0.717, 1.165) is 12.1 Å². The quantitative estimate of drug-likeness (QED) is 0.791. The standard InChI is InChI=1S/C15H13BrF3NO3S/c1-23-13-7-6-12(16)8-14(13)24(21,22)20-9-10-2-4-11(5-3-10)15(17,18)19/h2-8,20H,9H2,1H3. The summed E-state index contributed by atoms with van der Waals surface area (Å²) >= 11 is 3.19. The van der Waals surface area contributed by atoms with Gasteiger partial charge in [-0.15, -0.1) is 0 Å². The van der Waals surface area contributed by atoms with Crippen LogP contribution in [0.25, 0.3) is 0 Å². The van der Waals surface area contributed by atoms with E-state index < -0.39 is 21.8 Å². The number of methoxy groups -OCH3 is 1. The van der Waals surface area contributed by atoms with Crippen LogP contribution in [0, 0.1) is 0 Å². The molecule has 0 saturated carbocycles. The topological polar surface area (TPSA) is 55.4 Å². The summed E-state index contributed by atoms with van der Waals surface area (Å²) in [6.45, 7) is -0.143. The third kappa shape index (κ3) is 4.49. The lowest BCUT2D eigenvalue weighted by atomic mass is 10.1. The molecule has 130 valence electrons. The van der Waals surface area contributed by atoms with Crippen molar-refractivity contribution in [2.24, 2.45) is 0 Å². The lowest BCUT2D eigenvalue weighted by Crippen LogP contribution is -2.23. The van der Waals surface area contributed by atoms with Crippen LogP contribution >= 0.6 is 15.9 Å². The Labute approximate surface area is 145 Å². The maximum Gasteiger partial charge on any atom is 0.416 e. The van der Waals surface area contributed by atoms with Gasteiger partial charge < -0.3 is 4.74 Å². The summed E-state index contributed by atoms with van der Waals surface area (Å²) in [5, 5.41) is 0. The number of hydrogen-bond acceptors (Lipinski definition) is 3. The highest BCUT2D eigenvalue weighted by Gasteiger charge is 2.30. The van der Waals surface area contributed by atoms with E-state index in [0.29, 0.717) is 10.0 Å². The van der Waals surface area contributed by atoms with Crippen LogP contribution in [0.5, 0.6) is 5.75 Å². The summed E-state index contributed by atoms with van der Waals surface area (Å²) in [5.74, 6) is 0.165. The number of ether oxygens (including phenoxy) is 1. The van der Waals surface area contributed by atoms with Gasteiger partial charge in [-0.1, -0.05) is 28.1 Å². The number of nitrogens with one attached hydrogen (secondary N) is 1. The molecule has 0 spiro atoms. The molecule has 0 aliphatic carbocycles. The second kappa shape index (κ2) is 7.12. The van der Waals surface area contributed by atoms with E-state index >= 15 is 0 Å². The smallest absolute Gasteiger partial charge is 0.416 e. The molecular formula is C15H13BrF3NO3S. The van der Waals surface area contributed by atoms with Gasteiger partial charge in [0.2, 0.25) is 10.0 Å². The zero-order chi connectivity index (χ0) is 18.0. The third-order valence-electron chi connectivity index (χ3n) is 3.16. The van der Waals surface area contributed by atoms with Crippen molar-refractivity contribution in [2.75, 3.05) is 7.11 Å². The molecule has 1 N–H and O–H groups in total. The summed E-state index contributed by atoms with van der Waals surface area (Å²) in [6, 6.07) is 8.78. The highest BCUT2D eigenvalue weighted by Crippen LogP contribution is 2.29. The van der Waals surface area contributed by atoms with Crippen LogP contribution in [0.1, 0.15) is 11.1 Å². The molecule has 4 nitrogen and oxygen atoms in total. The Bertz CT molecular complexity index is 821. The first-order chi connectivity index (χ1) is 11.1. The van der Waals surface area contributed by atoms with Crippen molar-refractivity contribution < 1.29 is 26.3 Å². The van der Waals surface area contributed by atoms with Gasteiger partial charge in [0, 0.05) is 11.0 Å². The molecular weight excluding hydrogens is 411 g/mol. The van der Waals surface area contributed by atoms with Gasteiger partial charge in [-0.3, -0.25) is 0 Å². The summed E-state index contributed by atoms with van der Waals surface area (Å²) in [7, 11) is -2.54. The normalized spacial score (nSPS) is 12.2. The molecule has 0 fully saturated rings. The predicted octanol–water partition coefficient (Wildman–Crippen LogP) is 3.96. The molecule has 0 heterocycles. The molecule has 0 aromatic heterocycles. The Morgan fingerprint density at radius 1 is 1.12 bits per heavy atom. The number of halogens is 4. The maximum absolute atomic E-state index is 12.5. The van der Waals surface area contributed by atoms with Gasteiger partial charge in [0.05, 0.1) is 12.7 Å². The fourth-order valence-corrected chi connectivity index (χ4v) is 3.65. The average molecular weight is 424 g/mol. The highest BCUT2D eigenvalue weighted by atomic mass is 79.9. The zero-order valence-electron chi connectivity index (χ0n) is 12.4. The molecule has 2 aromatic carbocycles. The summed E-state index contributed by atoms with van der Waals surface area (Å²) < 4.78 is 70.2. The molecule has 9 heteroatoms. The molecule has 0 saturated heterocycles. The van der Waals surface area contributed by atoms with Crippen LogP contribution < -0.4 is 9.46 Å². The molecule has 2 rings (SSSR count). The van der Waals surface area contributed by atoms with Gasteiger partial charge in [0.1, 0.15) is 10.6 Å². The molecule has 0 unspecified atom stereocenters. The minimum atomic E-state index is -4.43. The van der Waals surface area contributed by atoms with Gasteiger partial charge in [-0.05, 0) is 35.9 Å². The average Bonchev–Trinajstić information content (AvgIpc) is 2.52. The maximum atomic E-state index is 12.5.